The molecule has 106 valence electrons. The molecule has 0 aliphatic heterocycles. The van der Waals surface area contributed by atoms with Gasteiger partial charge in [0.05, 0.1) is 0 Å². The average Bonchev–Trinajstić information content (AvgIpc) is 2.52. The molecule has 2 aromatic carbocycles. The second kappa shape index (κ2) is 7.28. The van der Waals surface area contributed by atoms with E-state index in [0.717, 1.165) is 32.1 Å². The minimum Gasteiger partial charge on any atom is -0.0620 e. The number of hydrogen-bond acceptors (Lipinski definition) is 0. The van der Waals surface area contributed by atoms with E-state index in [-0.39, 0.29) is 0 Å². The van der Waals surface area contributed by atoms with Gasteiger partial charge in [0.15, 0.2) is 0 Å². The third kappa shape index (κ3) is 3.50. The third-order valence-corrected chi connectivity index (χ3v) is 4.22. The summed E-state index contributed by atoms with van der Waals surface area (Å²) in [4.78, 5) is 0. The summed E-state index contributed by atoms with van der Waals surface area (Å²) < 4.78 is 0. The molecule has 0 radical (unpaired) electrons. The van der Waals surface area contributed by atoms with Gasteiger partial charge >= 0.3 is 0 Å². The molecule has 0 unspecified atom stereocenters. The maximum atomic E-state index is 2.39. The lowest BCUT2D eigenvalue weighted by Gasteiger charge is -2.12. The van der Waals surface area contributed by atoms with E-state index in [4.69, 9.17) is 0 Å². The van der Waals surface area contributed by atoms with Crippen LogP contribution in [0.2, 0.25) is 0 Å². The van der Waals surface area contributed by atoms with Crippen LogP contribution in [0, 0.1) is 0 Å². The number of hydrogen-bond donors (Lipinski definition) is 0. The van der Waals surface area contributed by atoms with Crippen molar-refractivity contribution in [2.24, 2.45) is 0 Å². The Kier molecular flexibility index (Phi) is 5.40. The van der Waals surface area contributed by atoms with E-state index >= 15 is 0 Å². The number of benzene rings is 2. The molecule has 0 bridgehead atoms. The summed E-state index contributed by atoms with van der Waals surface area (Å²) >= 11 is 0. The lowest BCUT2D eigenvalue weighted by molar-refractivity contribution is 0.906. The van der Waals surface area contributed by atoms with Crippen LogP contribution in [0.5, 0.6) is 0 Å². The van der Waals surface area contributed by atoms with Gasteiger partial charge in [-0.25, -0.2) is 0 Å². The maximum absolute atomic E-state index is 2.39. The molecule has 0 heterocycles. The van der Waals surface area contributed by atoms with Crippen molar-refractivity contribution in [2.75, 3.05) is 0 Å². The van der Waals surface area contributed by atoms with Crippen molar-refractivity contribution in [3.05, 3.63) is 70.3 Å². The molecule has 0 atom stereocenters. The van der Waals surface area contributed by atoms with Crippen LogP contribution in [-0.2, 0) is 32.1 Å². The second-order valence-corrected chi connectivity index (χ2v) is 5.43. The molecule has 0 N–H and O–H groups in total. The van der Waals surface area contributed by atoms with Gasteiger partial charge in [-0.2, -0.15) is 0 Å². The lowest BCUT2D eigenvalue weighted by Crippen LogP contribution is -2.00. The zero-order valence-corrected chi connectivity index (χ0v) is 13.1. The van der Waals surface area contributed by atoms with Crippen LogP contribution in [0.4, 0.5) is 0 Å². The van der Waals surface area contributed by atoms with Crippen LogP contribution in [0.1, 0.15) is 48.6 Å². The summed E-state index contributed by atoms with van der Waals surface area (Å²) in [6, 6.07) is 15.9. The van der Waals surface area contributed by atoms with Crippen molar-refractivity contribution in [1.82, 2.24) is 0 Å². The fraction of sp³-hybridized carbons (Fsp3) is 0.400. The van der Waals surface area contributed by atoms with E-state index in [0.29, 0.717) is 0 Å². The first-order valence-corrected chi connectivity index (χ1v) is 7.95. The largest absolute Gasteiger partial charge is 0.0620 e. The van der Waals surface area contributed by atoms with Crippen LogP contribution in [0.3, 0.4) is 0 Å². The molecule has 0 spiro atoms. The van der Waals surface area contributed by atoms with Gasteiger partial charge in [-0.1, -0.05) is 63.2 Å². The normalized spacial score (nSPS) is 10.8. The molecular formula is C20H26. The van der Waals surface area contributed by atoms with Crippen LogP contribution < -0.4 is 0 Å². The molecular weight excluding hydrogens is 240 g/mol. The van der Waals surface area contributed by atoms with E-state index in [1.54, 1.807) is 0 Å². The number of rotatable bonds is 6. The molecule has 0 saturated heterocycles. The Labute approximate surface area is 123 Å². The molecule has 0 amide bonds. The van der Waals surface area contributed by atoms with E-state index < -0.39 is 0 Å². The molecule has 2 aromatic rings. The van der Waals surface area contributed by atoms with Gasteiger partial charge in [-0.3, -0.25) is 0 Å². The van der Waals surface area contributed by atoms with Crippen molar-refractivity contribution < 1.29 is 0 Å². The van der Waals surface area contributed by atoms with Gasteiger partial charge in [0.25, 0.3) is 0 Å². The highest BCUT2D eigenvalue weighted by Crippen LogP contribution is 2.18. The number of aryl methyl sites for hydroxylation is 5. The van der Waals surface area contributed by atoms with E-state index in [1.807, 2.05) is 0 Å². The van der Waals surface area contributed by atoms with Crippen LogP contribution >= 0.6 is 0 Å². The van der Waals surface area contributed by atoms with Gasteiger partial charge < -0.3 is 0 Å². The summed E-state index contributed by atoms with van der Waals surface area (Å²) in [5.74, 6) is 0. The van der Waals surface area contributed by atoms with Crippen LogP contribution in [0.15, 0.2) is 42.5 Å². The zero-order valence-electron chi connectivity index (χ0n) is 13.1. The minimum atomic E-state index is 1.13. The molecule has 0 aliphatic rings. The molecule has 0 nitrogen and oxygen atoms in total. The molecule has 0 heteroatoms. The summed E-state index contributed by atoms with van der Waals surface area (Å²) in [6.07, 6.45) is 5.71. The topological polar surface area (TPSA) is 0 Å². The maximum Gasteiger partial charge on any atom is -0.0235 e. The van der Waals surface area contributed by atoms with Gasteiger partial charge in [0.2, 0.25) is 0 Å². The highest BCUT2D eigenvalue weighted by molar-refractivity contribution is 5.34. The predicted molar refractivity (Wildman–Crippen MR) is 88.4 cm³/mol. The molecule has 2 rings (SSSR count). The van der Waals surface area contributed by atoms with Crippen molar-refractivity contribution in [1.29, 1.82) is 0 Å². The Hall–Kier alpha value is -1.56. The molecule has 0 saturated carbocycles. The van der Waals surface area contributed by atoms with E-state index in [9.17, 15) is 0 Å². The lowest BCUT2D eigenvalue weighted by atomic mass is 9.94. The Balaban J connectivity index is 2.14. The third-order valence-electron chi connectivity index (χ3n) is 4.22. The summed E-state index contributed by atoms with van der Waals surface area (Å²) in [5, 5.41) is 0. The van der Waals surface area contributed by atoms with Crippen LogP contribution in [0.25, 0.3) is 0 Å². The van der Waals surface area contributed by atoms with Crippen molar-refractivity contribution in [2.45, 2.75) is 52.9 Å². The highest BCUT2D eigenvalue weighted by Gasteiger charge is 2.05. The standard InChI is InChI=1S/C20H26/c1-4-16-11-12-20(18(6-3)15-16)14-13-19-10-8-7-9-17(19)5-2/h7-12,15H,4-6,13-14H2,1-3H3. The second-order valence-electron chi connectivity index (χ2n) is 5.43. The fourth-order valence-corrected chi connectivity index (χ4v) is 2.89. The molecule has 0 aromatic heterocycles. The van der Waals surface area contributed by atoms with Crippen LogP contribution in [-0.4, -0.2) is 0 Å². The summed E-state index contributed by atoms with van der Waals surface area (Å²) in [6.45, 7) is 6.73. The monoisotopic (exact) mass is 266 g/mol. The zero-order chi connectivity index (χ0) is 14.4. The first-order chi connectivity index (χ1) is 9.78. The quantitative estimate of drug-likeness (QED) is 0.677. The average molecular weight is 266 g/mol. The van der Waals surface area contributed by atoms with E-state index in [1.165, 1.54) is 27.8 Å². The Bertz CT molecular complexity index is 552. The Morgan fingerprint density at radius 1 is 0.600 bits per heavy atom. The van der Waals surface area contributed by atoms with Gasteiger partial charge in [-0.05, 0) is 59.9 Å². The van der Waals surface area contributed by atoms with E-state index in [2.05, 4.69) is 63.2 Å². The SMILES string of the molecule is CCc1ccc(CCc2ccccc2CC)c(CC)c1. The van der Waals surface area contributed by atoms with Gasteiger partial charge in [-0.15, -0.1) is 0 Å². The first-order valence-electron chi connectivity index (χ1n) is 7.95. The molecule has 20 heavy (non-hydrogen) atoms. The Morgan fingerprint density at radius 3 is 1.80 bits per heavy atom. The van der Waals surface area contributed by atoms with Crippen molar-refractivity contribution in [3.63, 3.8) is 0 Å². The fourth-order valence-electron chi connectivity index (χ4n) is 2.89. The molecule has 0 fully saturated rings. The summed E-state index contributed by atoms with van der Waals surface area (Å²) in [5.41, 5.74) is 7.51. The Morgan fingerprint density at radius 2 is 1.20 bits per heavy atom. The van der Waals surface area contributed by atoms with Gasteiger partial charge in [0, 0.05) is 0 Å². The minimum absolute atomic E-state index is 1.13. The van der Waals surface area contributed by atoms with Crippen molar-refractivity contribution in [3.8, 4) is 0 Å². The van der Waals surface area contributed by atoms with Gasteiger partial charge in [0.1, 0.15) is 0 Å². The van der Waals surface area contributed by atoms with Crippen molar-refractivity contribution >= 4 is 0 Å². The first kappa shape index (κ1) is 14.8. The smallest absolute Gasteiger partial charge is 0.0235 e. The molecule has 0 aliphatic carbocycles. The summed E-state index contributed by atoms with van der Waals surface area (Å²) in [7, 11) is 0. The predicted octanol–water partition coefficient (Wildman–Crippen LogP) is 5.16. The highest BCUT2D eigenvalue weighted by atomic mass is 14.1.